The highest BCUT2D eigenvalue weighted by molar-refractivity contribution is 5.73. The van der Waals surface area contributed by atoms with Gasteiger partial charge in [-0.05, 0) is 49.2 Å². The zero-order chi connectivity index (χ0) is 19.5. The Balaban J connectivity index is 1.28. The molecule has 1 fully saturated rings. The van der Waals surface area contributed by atoms with Crippen molar-refractivity contribution in [1.29, 1.82) is 0 Å². The quantitative estimate of drug-likeness (QED) is 0.657. The molecule has 2 aromatic carbocycles. The fourth-order valence-electron chi connectivity index (χ4n) is 3.94. The number of nitrogens with zero attached hydrogens (tertiary/aromatic N) is 3. The first-order valence-electron chi connectivity index (χ1n) is 9.84. The largest absolute Gasteiger partial charge is 0.495 e. The predicted octanol–water partition coefficient (Wildman–Crippen LogP) is 2.89. The van der Waals surface area contributed by atoms with E-state index in [1.165, 1.54) is 11.3 Å². The molecular formula is C22H27N3O3. The number of aryl methyl sites for hydroxylation is 2. The molecule has 0 aliphatic carbocycles. The first kappa shape index (κ1) is 18.6. The minimum atomic E-state index is -0.305. The van der Waals surface area contributed by atoms with Crippen LogP contribution in [0, 0.1) is 0 Å². The Kier molecular flexibility index (Phi) is 5.39. The van der Waals surface area contributed by atoms with Gasteiger partial charge in [-0.15, -0.1) is 0 Å². The molecule has 1 aromatic heterocycles. The van der Waals surface area contributed by atoms with Crippen molar-refractivity contribution in [2.45, 2.75) is 12.8 Å². The number of hydrogen-bond donors (Lipinski definition) is 0. The van der Waals surface area contributed by atoms with Crippen LogP contribution in [0.3, 0.4) is 0 Å². The Labute approximate surface area is 164 Å². The van der Waals surface area contributed by atoms with E-state index in [4.69, 9.17) is 9.15 Å². The number of fused-ring (bicyclic) bond motifs is 1. The fourth-order valence-corrected chi connectivity index (χ4v) is 3.94. The van der Waals surface area contributed by atoms with Crippen molar-refractivity contribution in [2.75, 3.05) is 44.7 Å². The predicted molar refractivity (Wildman–Crippen MR) is 111 cm³/mol. The summed E-state index contributed by atoms with van der Waals surface area (Å²) < 4.78 is 12.3. The lowest BCUT2D eigenvalue weighted by Gasteiger charge is -2.36. The smallest absolute Gasteiger partial charge is 0.419 e. The van der Waals surface area contributed by atoms with Crippen LogP contribution in [-0.4, -0.2) is 49.3 Å². The Morgan fingerprint density at radius 3 is 2.64 bits per heavy atom. The Morgan fingerprint density at radius 1 is 1.07 bits per heavy atom. The summed E-state index contributed by atoms with van der Waals surface area (Å²) in [5.41, 5.74) is 3.92. The molecule has 3 aromatic rings. The number of methoxy groups -OCH3 is 1. The van der Waals surface area contributed by atoms with Gasteiger partial charge in [-0.3, -0.25) is 9.47 Å². The molecule has 1 aliphatic rings. The zero-order valence-corrected chi connectivity index (χ0v) is 16.6. The molecule has 0 unspecified atom stereocenters. The molecule has 6 heteroatoms. The molecule has 6 nitrogen and oxygen atoms in total. The van der Waals surface area contributed by atoms with Gasteiger partial charge in [0.1, 0.15) is 5.75 Å². The maximum absolute atomic E-state index is 11.6. The molecule has 28 heavy (non-hydrogen) atoms. The summed E-state index contributed by atoms with van der Waals surface area (Å²) in [5, 5.41) is 0. The van der Waals surface area contributed by atoms with E-state index in [2.05, 4.69) is 28.0 Å². The highest BCUT2D eigenvalue weighted by Gasteiger charge is 2.19. The lowest BCUT2D eigenvalue weighted by Crippen LogP contribution is -2.46. The fraction of sp³-hybridized carbons (Fsp3) is 0.409. The number of piperazine rings is 1. The minimum absolute atomic E-state index is 0.305. The van der Waals surface area contributed by atoms with Gasteiger partial charge in [-0.25, -0.2) is 4.79 Å². The molecule has 0 N–H and O–H groups in total. The SMILES string of the molecule is COc1ccccc1N1CCN(CCCc2ccc3c(c2)oc(=O)n3C)CC1. The van der Waals surface area contributed by atoms with Crippen LogP contribution < -0.4 is 15.4 Å². The molecule has 1 saturated heterocycles. The van der Waals surface area contributed by atoms with Crippen LogP contribution in [-0.2, 0) is 13.5 Å². The van der Waals surface area contributed by atoms with Crippen LogP contribution in [0.4, 0.5) is 5.69 Å². The molecule has 1 aliphatic heterocycles. The molecule has 0 radical (unpaired) electrons. The number of benzene rings is 2. The van der Waals surface area contributed by atoms with Gasteiger partial charge in [0.05, 0.1) is 18.3 Å². The average Bonchev–Trinajstić information content (AvgIpc) is 3.01. The lowest BCUT2D eigenvalue weighted by molar-refractivity contribution is 0.254. The highest BCUT2D eigenvalue weighted by atomic mass is 16.5. The number of rotatable bonds is 6. The van der Waals surface area contributed by atoms with E-state index in [-0.39, 0.29) is 5.76 Å². The lowest BCUT2D eigenvalue weighted by atomic mass is 10.1. The van der Waals surface area contributed by atoms with E-state index in [0.29, 0.717) is 5.58 Å². The summed E-state index contributed by atoms with van der Waals surface area (Å²) in [4.78, 5) is 16.5. The van der Waals surface area contributed by atoms with Crippen molar-refractivity contribution < 1.29 is 9.15 Å². The number of para-hydroxylation sites is 2. The van der Waals surface area contributed by atoms with Gasteiger partial charge in [0.25, 0.3) is 0 Å². The highest BCUT2D eigenvalue weighted by Crippen LogP contribution is 2.28. The van der Waals surface area contributed by atoms with Crippen LogP contribution in [0.1, 0.15) is 12.0 Å². The number of anilines is 1. The van der Waals surface area contributed by atoms with Crippen molar-refractivity contribution >= 4 is 16.8 Å². The normalized spacial score (nSPS) is 15.3. The Morgan fingerprint density at radius 2 is 1.86 bits per heavy atom. The number of hydrogen-bond acceptors (Lipinski definition) is 5. The molecule has 0 saturated carbocycles. The third-order valence-corrected chi connectivity index (χ3v) is 5.59. The van der Waals surface area contributed by atoms with E-state index >= 15 is 0 Å². The Hall–Kier alpha value is -2.73. The molecule has 0 spiro atoms. The van der Waals surface area contributed by atoms with Gasteiger partial charge in [0.2, 0.25) is 0 Å². The van der Waals surface area contributed by atoms with Crippen molar-refractivity contribution in [2.24, 2.45) is 7.05 Å². The molecule has 4 rings (SSSR count). The summed E-state index contributed by atoms with van der Waals surface area (Å²) in [6, 6.07) is 14.3. The van der Waals surface area contributed by atoms with Gasteiger partial charge in [0, 0.05) is 33.2 Å². The zero-order valence-electron chi connectivity index (χ0n) is 16.6. The van der Waals surface area contributed by atoms with Gasteiger partial charge in [-0.1, -0.05) is 18.2 Å². The van der Waals surface area contributed by atoms with Crippen LogP contribution in [0.5, 0.6) is 5.75 Å². The first-order chi connectivity index (χ1) is 13.7. The molecule has 0 bridgehead atoms. The minimum Gasteiger partial charge on any atom is -0.495 e. The van der Waals surface area contributed by atoms with E-state index in [1.807, 2.05) is 24.3 Å². The maximum Gasteiger partial charge on any atom is 0.419 e. The number of ether oxygens (including phenoxy) is 1. The third kappa shape index (κ3) is 3.78. The van der Waals surface area contributed by atoms with E-state index < -0.39 is 0 Å². The summed E-state index contributed by atoms with van der Waals surface area (Å²) in [5.74, 6) is 0.638. The van der Waals surface area contributed by atoms with E-state index in [0.717, 1.165) is 56.8 Å². The topological polar surface area (TPSA) is 50.9 Å². The standard InChI is InChI=1S/C22H27N3O3/c1-23-18-10-9-17(16-21(18)28-22(23)26)6-5-11-24-12-14-25(15-13-24)19-7-3-4-8-20(19)27-2/h3-4,7-10,16H,5-6,11-15H2,1-2H3. The summed E-state index contributed by atoms with van der Waals surface area (Å²) in [6.45, 7) is 5.23. The molecule has 2 heterocycles. The van der Waals surface area contributed by atoms with Gasteiger partial charge < -0.3 is 14.1 Å². The number of oxazole rings is 1. The van der Waals surface area contributed by atoms with Gasteiger partial charge in [0.15, 0.2) is 5.58 Å². The van der Waals surface area contributed by atoms with Gasteiger partial charge in [-0.2, -0.15) is 0 Å². The van der Waals surface area contributed by atoms with Crippen molar-refractivity contribution in [3.8, 4) is 5.75 Å². The summed E-state index contributed by atoms with van der Waals surface area (Å²) in [7, 11) is 3.46. The Bertz CT molecular complexity index is 1000. The maximum atomic E-state index is 11.6. The molecule has 0 atom stereocenters. The van der Waals surface area contributed by atoms with Crippen LogP contribution in [0.2, 0.25) is 0 Å². The second kappa shape index (κ2) is 8.10. The summed E-state index contributed by atoms with van der Waals surface area (Å²) >= 11 is 0. The molecule has 0 amide bonds. The second-order valence-corrected chi connectivity index (χ2v) is 7.33. The van der Waals surface area contributed by atoms with Gasteiger partial charge >= 0.3 is 5.76 Å². The van der Waals surface area contributed by atoms with E-state index in [9.17, 15) is 4.79 Å². The number of aromatic nitrogens is 1. The monoisotopic (exact) mass is 381 g/mol. The second-order valence-electron chi connectivity index (χ2n) is 7.33. The van der Waals surface area contributed by atoms with Crippen molar-refractivity contribution in [1.82, 2.24) is 9.47 Å². The van der Waals surface area contributed by atoms with E-state index in [1.54, 1.807) is 18.7 Å². The van der Waals surface area contributed by atoms with Crippen LogP contribution in [0.15, 0.2) is 51.7 Å². The molecule has 148 valence electrons. The summed E-state index contributed by atoms with van der Waals surface area (Å²) in [6.07, 6.45) is 2.08. The van der Waals surface area contributed by atoms with Crippen LogP contribution >= 0.6 is 0 Å². The average molecular weight is 381 g/mol. The third-order valence-electron chi connectivity index (χ3n) is 5.59. The van der Waals surface area contributed by atoms with Crippen LogP contribution in [0.25, 0.3) is 11.1 Å². The molecular weight excluding hydrogens is 354 g/mol. The van der Waals surface area contributed by atoms with Crippen molar-refractivity contribution in [3.63, 3.8) is 0 Å². The first-order valence-corrected chi connectivity index (χ1v) is 9.84. The van der Waals surface area contributed by atoms with Crippen molar-refractivity contribution in [3.05, 3.63) is 58.6 Å².